The van der Waals surface area contributed by atoms with Crippen molar-refractivity contribution in [3.05, 3.63) is 0 Å². The van der Waals surface area contributed by atoms with Crippen LogP contribution < -0.4 is 5.73 Å². The summed E-state index contributed by atoms with van der Waals surface area (Å²) in [7, 11) is 0. The molecule has 3 heteroatoms. The van der Waals surface area contributed by atoms with Crippen LogP contribution in [0.2, 0.25) is 0 Å². The van der Waals surface area contributed by atoms with Crippen molar-refractivity contribution in [3.8, 4) is 0 Å². The van der Waals surface area contributed by atoms with Gasteiger partial charge in [-0.05, 0) is 45.2 Å². The average molecular weight is 198 g/mol. The topological polar surface area (TPSA) is 38.5 Å². The van der Waals surface area contributed by atoms with Crippen LogP contribution in [-0.2, 0) is 4.74 Å². The van der Waals surface area contributed by atoms with Crippen LogP contribution in [0.25, 0.3) is 0 Å². The average Bonchev–Trinajstić information content (AvgIpc) is 2.68. The van der Waals surface area contributed by atoms with Crippen LogP contribution in [0.5, 0.6) is 0 Å². The first kappa shape index (κ1) is 10.4. The summed E-state index contributed by atoms with van der Waals surface area (Å²) in [5.74, 6) is 0. The Labute approximate surface area is 86.6 Å². The molecule has 0 amide bonds. The lowest BCUT2D eigenvalue weighted by Crippen LogP contribution is -2.43. The maximum absolute atomic E-state index is 5.65. The molecule has 2 heterocycles. The van der Waals surface area contributed by atoms with E-state index in [0.717, 1.165) is 31.8 Å². The van der Waals surface area contributed by atoms with Gasteiger partial charge in [-0.1, -0.05) is 0 Å². The van der Waals surface area contributed by atoms with E-state index >= 15 is 0 Å². The summed E-state index contributed by atoms with van der Waals surface area (Å²) in [4.78, 5) is 2.69. The Bertz CT molecular complexity index is 169. The smallest absolute Gasteiger partial charge is 0.0480 e. The Kier molecular flexibility index (Phi) is 3.79. The van der Waals surface area contributed by atoms with Gasteiger partial charge in [0.25, 0.3) is 0 Å². The van der Waals surface area contributed by atoms with Crippen LogP contribution >= 0.6 is 0 Å². The van der Waals surface area contributed by atoms with E-state index in [1.807, 2.05) is 0 Å². The van der Waals surface area contributed by atoms with Gasteiger partial charge in [0.05, 0.1) is 0 Å². The molecule has 0 aliphatic carbocycles. The summed E-state index contributed by atoms with van der Waals surface area (Å²) >= 11 is 0. The molecule has 2 N–H and O–H groups in total. The molecule has 3 nitrogen and oxygen atoms in total. The van der Waals surface area contributed by atoms with Gasteiger partial charge in [0.1, 0.15) is 0 Å². The fourth-order valence-corrected chi connectivity index (χ4v) is 2.86. The molecule has 0 radical (unpaired) electrons. The zero-order valence-electron chi connectivity index (χ0n) is 8.95. The van der Waals surface area contributed by atoms with Crippen LogP contribution in [-0.4, -0.2) is 43.3 Å². The molecule has 14 heavy (non-hydrogen) atoms. The molecule has 2 rings (SSSR count). The second kappa shape index (κ2) is 5.10. The quantitative estimate of drug-likeness (QED) is 0.734. The standard InChI is InChI=1S/C11H22N2O/c12-6-3-10-2-1-7-13(10)11-4-8-14-9-5-11/h10-11H,1-9,12H2/t10-/m1/s1. The van der Waals surface area contributed by atoms with Gasteiger partial charge in [0.2, 0.25) is 0 Å². The molecule has 1 atom stereocenters. The number of rotatable bonds is 3. The van der Waals surface area contributed by atoms with E-state index < -0.39 is 0 Å². The first-order chi connectivity index (χ1) is 6.92. The Hall–Kier alpha value is -0.120. The second-order valence-corrected chi connectivity index (χ2v) is 4.45. The molecule has 0 saturated carbocycles. The third-order valence-electron chi connectivity index (χ3n) is 3.58. The van der Waals surface area contributed by atoms with Gasteiger partial charge >= 0.3 is 0 Å². The minimum absolute atomic E-state index is 0.767. The third-order valence-corrected chi connectivity index (χ3v) is 3.58. The van der Waals surface area contributed by atoms with Crippen LogP contribution in [0.3, 0.4) is 0 Å². The lowest BCUT2D eigenvalue weighted by molar-refractivity contribution is 0.0285. The van der Waals surface area contributed by atoms with E-state index in [-0.39, 0.29) is 0 Å². The van der Waals surface area contributed by atoms with E-state index in [1.165, 1.54) is 38.6 Å². The molecule has 2 fully saturated rings. The Morgan fingerprint density at radius 3 is 2.71 bits per heavy atom. The predicted octanol–water partition coefficient (Wildman–Crippen LogP) is 0.979. The molecule has 0 bridgehead atoms. The number of ether oxygens (including phenoxy) is 1. The number of likely N-dealkylation sites (tertiary alicyclic amines) is 1. The van der Waals surface area contributed by atoms with Gasteiger partial charge in [-0.15, -0.1) is 0 Å². The number of hydrogen-bond acceptors (Lipinski definition) is 3. The second-order valence-electron chi connectivity index (χ2n) is 4.45. The largest absolute Gasteiger partial charge is 0.381 e. The van der Waals surface area contributed by atoms with Crippen molar-refractivity contribution >= 4 is 0 Å². The van der Waals surface area contributed by atoms with E-state index in [9.17, 15) is 0 Å². The monoisotopic (exact) mass is 198 g/mol. The molecular weight excluding hydrogens is 176 g/mol. The molecule has 2 saturated heterocycles. The molecule has 2 aliphatic rings. The molecule has 2 aliphatic heterocycles. The Morgan fingerprint density at radius 1 is 1.21 bits per heavy atom. The van der Waals surface area contributed by atoms with E-state index in [1.54, 1.807) is 0 Å². The van der Waals surface area contributed by atoms with Gasteiger partial charge < -0.3 is 10.5 Å². The fraction of sp³-hybridized carbons (Fsp3) is 1.00. The molecule has 0 spiro atoms. The van der Waals surface area contributed by atoms with Crippen molar-refractivity contribution in [2.45, 2.75) is 44.2 Å². The maximum Gasteiger partial charge on any atom is 0.0480 e. The predicted molar refractivity (Wildman–Crippen MR) is 57.2 cm³/mol. The number of nitrogens with two attached hydrogens (primary N) is 1. The molecule has 82 valence electrons. The molecule has 0 aromatic carbocycles. The van der Waals surface area contributed by atoms with E-state index in [4.69, 9.17) is 10.5 Å². The first-order valence-electron chi connectivity index (χ1n) is 5.95. The number of hydrogen-bond donors (Lipinski definition) is 1. The fourth-order valence-electron chi connectivity index (χ4n) is 2.86. The summed E-state index contributed by atoms with van der Waals surface area (Å²) in [6.45, 7) is 4.03. The SMILES string of the molecule is NCC[C@H]1CCCN1C1CCOCC1. The van der Waals surface area contributed by atoms with Crippen LogP contribution in [0.4, 0.5) is 0 Å². The normalized spacial score (nSPS) is 31.1. The van der Waals surface area contributed by atoms with Crippen molar-refractivity contribution in [2.75, 3.05) is 26.3 Å². The minimum atomic E-state index is 0.767. The minimum Gasteiger partial charge on any atom is -0.381 e. The van der Waals surface area contributed by atoms with E-state index in [2.05, 4.69) is 4.90 Å². The van der Waals surface area contributed by atoms with Crippen molar-refractivity contribution in [3.63, 3.8) is 0 Å². The van der Waals surface area contributed by atoms with Gasteiger partial charge in [0, 0.05) is 25.3 Å². The molecule has 0 aromatic heterocycles. The third kappa shape index (κ3) is 2.27. The number of nitrogens with zero attached hydrogens (tertiary/aromatic N) is 1. The maximum atomic E-state index is 5.65. The highest BCUT2D eigenvalue weighted by Gasteiger charge is 2.30. The molecule has 0 aromatic rings. The van der Waals surface area contributed by atoms with Crippen LogP contribution in [0, 0.1) is 0 Å². The zero-order chi connectivity index (χ0) is 9.80. The van der Waals surface area contributed by atoms with Gasteiger partial charge in [-0.25, -0.2) is 0 Å². The van der Waals surface area contributed by atoms with Gasteiger partial charge in [-0.2, -0.15) is 0 Å². The van der Waals surface area contributed by atoms with E-state index in [0.29, 0.717) is 0 Å². The summed E-state index contributed by atoms with van der Waals surface area (Å²) in [6.07, 6.45) is 6.34. The van der Waals surface area contributed by atoms with Crippen LogP contribution in [0.1, 0.15) is 32.1 Å². The lowest BCUT2D eigenvalue weighted by Gasteiger charge is -2.35. The van der Waals surface area contributed by atoms with Gasteiger partial charge in [0.15, 0.2) is 0 Å². The van der Waals surface area contributed by atoms with Crippen molar-refractivity contribution < 1.29 is 4.74 Å². The first-order valence-corrected chi connectivity index (χ1v) is 5.95. The Morgan fingerprint density at radius 2 is 2.00 bits per heavy atom. The highest BCUT2D eigenvalue weighted by Crippen LogP contribution is 2.26. The van der Waals surface area contributed by atoms with Gasteiger partial charge in [-0.3, -0.25) is 4.90 Å². The Balaban J connectivity index is 1.87. The molecular formula is C11H22N2O. The highest BCUT2D eigenvalue weighted by molar-refractivity contribution is 4.86. The van der Waals surface area contributed by atoms with Crippen molar-refractivity contribution in [1.82, 2.24) is 4.90 Å². The highest BCUT2D eigenvalue weighted by atomic mass is 16.5. The van der Waals surface area contributed by atoms with Crippen molar-refractivity contribution in [2.24, 2.45) is 5.73 Å². The zero-order valence-corrected chi connectivity index (χ0v) is 8.95. The van der Waals surface area contributed by atoms with Crippen molar-refractivity contribution in [1.29, 1.82) is 0 Å². The van der Waals surface area contributed by atoms with Crippen LogP contribution in [0.15, 0.2) is 0 Å². The summed E-state index contributed by atoms with van der Waals surface area (Å²) in [6, 6.07) is 1.55. The summed E-state index contributed by atoms with van der Waals surface area (Å²) < 4.78 is 5.40. The summed E-state index contributed by atoms with van der Waals surface area (Å²) in [5, 5.41) is 0. The summed E-state index contributed by atoms with van der Waals surface area (Å²) in [5.41, 5.74) is 5.65. The lowest BCUT2D eigenvalue weighted by atomic mass is 10.0. The molecule has 0 unspecified atom stereocenters.